The molecule has 0 spiro atoms. The standard InChI is InChI=1S/C16H25N3O2/c1-2-7-18-8-10-19(11-9-18)16(20)13-21-15-6-4-3-5-14(15)12-17/h3-6H,2,7-13,17H2,1H3. The highest BCUT2D eigenvalue weighted by Gasteiger charge is 2.20. The van der Waals surface area contributed by atoms with Gasteiger partial charge in [0, 0.05) is 38.3 Å². The molecule has 5 nitrogen and oxygen atoms in total. The van der Waals surface area contributed by atoms with Crippen LogP contribution in [-0.2, 0) is 11.3 Å². The van der Waals surface area contributed by atoms with Crippen LogP contribution in [0.3, 0.4) is 0 Å². The third-order valence-electron chi connectivity index (χ3n) is 3.81. The molecule has 0 atom stereocenters. The van der Waals surface area contributed by atoms with Crippen LogP contribution in [0.5, 0.6) is 5.75 Å². The molecule has 0 saturated carbocycles. The summed E-state index contributed by atoms with van der Waals surface area (Å²) >= 11 is 0. The van der Waals surface area contributed by atoms with E-state index in [0.29, 0.717) is 12.3 Å². The quantitative estimate of drug-likeness (QED) is 0.852. The van der Waals surface area contributed by atoms with Gasteiger partial charge in [-0.25, -0.2) is 0 Å². The van der Waals surface area contributed by atoms with E-state index in [-0.39, 0.29) is 12.5 Å². The van der Waals surface area contributed by atoms with Crippen molar-refractivity contribution in [3.63, 3.8) is 0 Å². The van der Waals surface area contributed by atoms with Crippen LogP contribution in [0, 0.1) is 0 Å². The van der Waals surface area contributed by atoms with Gasteiger partial charge in [-0.05, 0) is 19.0 Å². The maximum absolute atomic E-state index is 12.2. The fraction of sp³-hybridized carbons (Fsp3) is 0.562. The number of para-hydroxylation sites is 1. The number of hydrogen-bond donors (Lipinski definition) is 1. The van der Waals surface area contributed by atoms with Gasteiger partial charge in [0.2, 0.25) is 0 Å². The molecule has 0 aromatic heterocycles. The number of carbonyl (C=O) groups excluding carboxylic acids is 1. The summed E-state index contributed by atoms with van der Waals surface area (Å²) in [6, 6.07) is 7.59. The van der Waals surface area contributed by atoms with E-state index in [1.165, 1.54) is 0 Å². The first-order chi connectivity index (χ1) is 10.2. The van der Waals surface area contributed by atoms with Crippen LogP contribution in [0.4, 0.5) is 0 Å². The number of nitrogens with two attached hydrogens (primary N) is 1. The van der Waals surface area contributed by atoms with Gasteiger partial charge in [0.25, 0.3) is 5.91 Å². The first-order valence-corrected chi connectivity index (χ1v) is 7.65. The van der Waals surface area contributed by atoms with Crippen LogP contribution in [0.15, 0.2) is 24.3 Å². The highest BCUT2D eigenvalue weighted by Crippen LogP contribution is 2.17. The Morgan fingerprint density at radius 2 is 1.95 bits per heavy atom. The van der Waals surface area contributed by atoms with Crippen molar-refractivity contribution < 1.29 is 9.53 Å². The van der Waals surface area contributed by atoms with E-state index in [0.717, 1.165) is 44.7 Å². The fourth-order valence-corrected chi connectivity index (χ4v) is 2.58. The molecule has 2 N–H and O–H groups in total. The molecule has 1 aliphatic heterocycles. The van der Waals surface area contributed by atoms with Gasteiger partial charge in [0.05, 0.1) is 0 Å². The SMILES string of the molecule is CCCN1CCN(C(=O)COc2ccccc2CN)CC1. The second-order valence-corrected chi connectivity index (χ2v) is 5.32. The zero-order valence-electron chi connectivity index (χ0n) is 12.8. The molecule has 21 heavy (non-hydrogen) atoms. The van der Waals surface area contributed by atoms with Crippen molar-refractivity contribution in [1.29, 1.82) is 0 Å². The monoisotopic (exact) mass is 291 g/mol. The molecule has 0 radical (unpaired) electrons. The van der Waals surface area contributed by atoms with Gasteiger partial charge in [-0.2, -0.15) is 0 Å². The van der Waals surface area contributed by atoms with E-state index in [1.54, 1.807) is 0 Å². The Kier molecular flexibility index (Phi) is 6.02. The summed E-state index contributed by atoms with van der Waals surface area (Å²) < 4.78 is 5.63. The predicted molar refractivity (Wildman–Crippen MR) is 83.1 cm³/mol. The summed E-state index contributed by atoms with van der Waals surface area (Å²) in [6.45, 7) is 7.30. The van der Waals surface area contributed by atoms with Gasteiger partial charge in [0.1, 0.15) is 5.75 Å². The minimum absolute atomic E-state index is 0.0537. The summed E-state index contributed by atoms with van der Waals surface area (Å²) in [5.74, 6) is 0.760. The van der Waals surface area contributed by atoms with Crippen molar-refractivity contribution in [2.75, 3.05) is 39.3 Å². The Hall–Kier alpha value is -1.59. The normalized spacial score (nSPS) is 16.0. The maximum Gasteiger partial charge on any atom is 0.260 e. The summed E-state index contributed by atoms with van der Waals surface area (Å²) in [5.41, 5.74) is 6.59. The van der Waals surface area contributed by atoms with Crippen molar-refractivity contribution in [2.24, 2.45) is 5.73 Å². The molecule has 1 amide bonds. The van der Waals surface area contributed by atoms with Crippen LogP contribution in [-0.4, -0.2) is 55.0 Å². The number of nitrogens with zero attached hydrogens (tertiary/aromatic N) is 2. The number of piperazine rings is 1. The van der Waals surface area contributed by atoms with Crippen molar-refractivity contribution >= 4 is 5.91 Å². The second-order valence-electron chi connectivity index (χ2n) is 5.32. The number of amides is 1. The van der Waals surface area contributed by atoms with E-state index in [9.17, 15) is 4.79 Å². The largest absolute Gasteiger partial charge is 0.483 e. The molecule has 1 fully saturated rings. The minimum atomic E-state index is 0.0537. The van der Waals surface area contributed by atoms with E-state index in [2.05, 4.69) is 11.8 Å². The van der Waals surface area contributed by atoms with Crippen LogP contribution >= 0.6 is 0 Å². The van der Waals surface area contributed by atoms with Gasteiger partial charge in [-0.1, -0.05) is 25.1 Å². The van der Waals surface area contributed by atoms with Crippen LogP contribution in [0.1, 0.15) is 18.9 Å². The second kappa shape index (κ2) is 8.00. The molecule has 0 aliphatic carbocycles. The molecule has 1 saturated heterocycles. The lowest BCUT2D eigenvalue weighted by Gasteiger charge is -2.34. The summed E-state index contributed by atoms with van der Waals surface area (Å²) in [7, 11) is 0. The predicted octanol–water partition coefficient (Wildman–Crippen LogP) is 1.08. The lowest BCUT2D eigenvalue weighted by molar-refractivity contribution is -0.135. The zero-order valence-corrected chi connectivity index (χ0v) is 12.8. The first-order valence-electron chi connectivity index (χ1n) is 7.65. The summed E-state index contributed by atoms with van der Waals surface area (Å²) in [6.07, 6.45) is 1.16. The van der Waals surface area contributed by atoms with E-state index in [4.69, 9.17) is 10.5 Å². The Bertz CT molecular complexity index is 457. The number of benzene rings is 1. The van der Waals surface area contributed by atoms with Gasteiger partial charge >= 0.3 is 0 Å². The Morgan fingerprint density at radius 3 is 2.62 bits per heavy atom. The highest BCUT2D eigenvalue weighted by atomic mass is 16.5. The molecule has 1 aromatic rings. The molecule has 0 bridgehead atoms. The van der Waals surface area contributed by atoms with Gasteiger partial charge < -0.3 is 15.4 Å². The Labute approximate surface area is 126 Å². The zero-order chi connectivity index (χ0) is 15.1. The smallest absolute Gasteiger partial charge is 0.260 e. The Morgan fingerprint density at radius 1 is 1.24 bits per heavy atom. The van der Waals surface area contributed by atoms with Crippen LogP contribution in [0.25, 0.3) is 0 Å². The van der Waals surface area contributed by atoms with Gasteiger partial charge in [0.15, 0.2) is 6.61 Å². The molecule has 116 valence electrons. The Balaban J connectivity index is 1.80. The average Bonchev–Trinajstić information content (AvgIpc) is 2.54. The lowest BCUT2D eigenvalue weighted by Crippen LogP contribution is -2.50. The number of ether oxygens (including phenoxy) is 1. The molecule has 5 heteroatoms. The van der Waals surface area contributed by atoms with E-state index in [1.807, 2.05) is 29.2 Å². The number of carbonyl (C=O) groups is 1. The molecule has 1 aliphatic rings. The topological polar surface area (TPSA) is 58.8 Å². The minimum Gasteiger partial charge on any atom is -0.483 e. The van der Waals surface area contributed by atoms with E-state index < -0.39 is 0 Å². The average molecular weight is 291 g/mol. The maximum atomic E-state index is 12.2. The van der Waals surface area contributed by atoms with Crippen LogP contribution < -0.4 is 10.5 Å². The third kappa shape index (κ3) is 4.44. The third-order valence-corrected chi connectivity index (χ3v) is 3.81. The summed E-state index contributed by atoms with van der Waals surface area (Å²) in [5, 5.41) is 0. The molecule has 1 heterocycles. The first kappa shape index (κ1) is 15.8. The fourth-order valence-electron chi connectivity index (χ4n) is 2.58. The van der Waals surface area contributed by atoms with Crippen LogP contribution in [0.2, 0.25) is 0 Å². The molecule has 2 rings (SSSR count). The lowest BCUT2D eigenvalue weighted by atomic mass is 10.2. The van der Waals surface area contributed by atoms with Crippen molar-refractivity contribution in [2.45, 2.75) is 19.9 Å². The van der Waals surface area contributed by atoms with E-state index >= 15 is 0 Å². The summed E-state index contributed by atoms with van der Waals surface area (Å²) in [4.78, 5) is 16.5. The molecule has 1 aromatic carbocycles. The van der Waals surface area contributed by atoms with Gasteiger partial charge in [-0.15, -0.1) is 0 Å². The molecule has 0 unspecified atom stereocenters. The molecular formula is C16H25N3O2. The van der Waals surface area contributed by atoms with Crippen molar-refractivity contribution in [3.8, 4) is 5.75 Å². The molecular weight excluding hydrogens is 266 g/mol. The number of hydrogen-bond acceptors (Lipinski definition) is 4. The highest BCUT2D eigenvalue weighted by molar-refractivity contribution is 5.78. The van der Waals surface area contributed by atoms with Crippen molar-refractivity contribution in [3.05, 3.63) is 29.8 Å². The number of rotatable bonds is 6. The van der Waals surface area contributed by atoms with Gasteiger partial charge in [-0.3, -0.25) is 9.69 Å². The van der Waals surface area contributed by atoms with Crippen molar-refractivity contribution in [1.82, 2.24) is 9.80 Å².